The highest BCUT2D eigenvalue weighted by molar-refractivity contribution is 5.29. The number of nitrogens with one attached hydrogen (secondary N) is 1. The fraction of sp³-hybridized carbons (Fsp3) is 0.467. The van der Waals surface area contributed by atoms with Crippen LogP contribution in [0.4, 0.5) is 13.2 Å². The summed E-state index contributed by atoms with van der Waals surface area (Å²) in [6.45, 7) is 7.42. The van der Waals surface area contributed by atoms with E-state index in [0.29, 0.717) is 19.8 Å². The van der Waals surface area contributed by atoms with E-state index in [2.05, 4.69) is 16.6 Å². The molecule has 0 saturated carbocycles. The normalized spacial score (nSPS) is 13.0. The maximum Gasteiger partial charge on any atom is 0.573 e. The predicted molar refractivity (Wildman–Crippen MR) is 75.2 cm³/mol. The summed E-state index contributed by atoms with van der Waals surface area (Å²) in [5.41, 5.74) is 0.885. The Morgan fingerprint density at radius 1 is 1.24 bits per heavy atom. The highest BCUT2D eigenvalue weighted by Crippen LogP contribution is 2.24. The summed E-state index contributed by atoms with van der Waals surface area (Å²) in [5, 5.41) is 3.23. The molecule has 21 heavy (non-hydrogen) atoms. The predicted octanol–water partition coefficient (Wildman–Crippen LogP) is 3.83. The first-order valence-corrected chi connectivity index (χ1v) is 6.70. The van der Waals surface area contributed by atoms with E-state index < -0.39 is 6.36 Å². The van der Waals surface area contributed by atoms with Crippen molar-refractivity contribution in [1.29, 1.82) is 0 Å². The third-order valence-corrected chi connectivity index (χ3v) is 2.78. The summed E-state index contributed by atoms with van der Waals surface area (Å²) in [6.07, 6.45) is -2.05. The van der Waals surface area contributed by atoms with Crippen molar-refractivity contribution < 1.29 is 22.6 Å². The van der Waals surface area contributed by atoms with Gasteiger partial charge in [-0.15, -0.1) is 19.8 Å². The van der Waals surface area contributed by atoms with Gasteiger partial charge in [0, 0.05) is 12.6 Å². The van der Waals surface area contributed by atoms with E-state index in [9.17, 15) is 13.2 Å². The van der Waals surface area contributed by atoms with Gasteiger partial charge in [0.05, 0.1) is 13.2 Å². The molecular weight excluding hydrogens is 283 g/mol. The molecule has 1 atom stereocenters. The first kappa shape index (κ1) is 17.5. The highest BCUT2D eigenvalue weighted by atomic mass is 19.4. The Balaban J connectivity index is 2.34. The summed E-state index contributed by atoms with van der Waals surface area (Å²) >= 11 is 0. The molecule has 0 saturated heterocycles. The number of hydrogen-bond donors (Lipinski definition) is 1. The van der Waals surface area contributed by atoms with Crippen molar-refractivity contribution >= 4 is 0 Å². The molecule has 1 rings (SSSR count). The van der Waals surface area contributed by atoms with Gasteiger partial charge in [0.25, 0.3) is 0 Å². The number of ether oxygens (including phenoxy) is 2. The smallest absolute Gasteiger partial charge is 0.406 e. The summed E-state index contributed by atoms with van der Waals surface area (Å²) in [5.74, 6) is -0.216. The Bertz CT molecular complexity index is 418. The molecule has 6 heteroatoms. The molecule has 0 bridgehead atoms. The minimum atomic E-state index is -4.66. The lowest BCUT2D eigenvalue weighted by molar-refractivity contribution is -0.274. The van der Waals surface area contributed by atoms with Crippen LogP contribution in [0.2, 0.25) is 0 Å². The van der Waals surface area contributed by atoms with E-state index in [0.717, 1.165) is 12.0 Å². The molecule has 0 amide bonds. The average Bonchev–Trinajstić information content (AvgIpc) is 2.41. The third kappa shape index (κ3) is 7.72. The Kier molecular flexibility index (Phi) is 7.25. The Hall–Kier alpha value is -1.53. The number of alkyl halides is 3. The van der Waals surface area contributed by atoms with E-state index in [-0.39, 0.29) is 11.8 Å². The van der Waals surface area contributed by atoms with Crippen LogP contribution in [0, 0.1) is 0 Å². The van der Waals surface area contributed by atoms with Gasteiger partial charge < -0.3 is 14.8 Å². The van der Waals surface area contributed by atoms with Crippen LogP contribution < -0.4 is 10.1 Å². The lowest BCUT2D eigenvalue weighted by atomic mass is 10.1. The minimum absolute atomic E-state index is 0.0212. The fourth-order valence-electron chi connectivity index (χ4n) is 1.69. The lowest BCUT2D eigenvalue weighted by Crippen LogP contribution is -2.23. The zero-order valence-corrected chi connectivity index (χ0v) is 12.0. The fourth-order valence-corrected chi connectivity index (χ4v) is 1.69. The molecule has 0 spiro atoms. The Morgan fingerprint density at radius 3 is 2.48 bits per heavy atom. The van der Waals surface area contributed by atoms with Gasteiger partial charge in [-0.1, -0.05) is 18.2 Å². The van der Waals surface area contributed by atoms with Gasteiger partial charge in [0.1, 0.15) is 5.75 Å². The molecule has 0 aliphatic heterocycles. The average molecular weight is 303 g/mol. The first-order chi connectivity index (χ1) is 9.92. The van der Waals surface area contributed by atoms with E-state index in [1.54, 1.807) is 18.2 Å². The molecule has 0 aliphatic carbocycles. The molecule has 118 valence electrons. The van der Waals surface area contributed by atoms with Gasteiger partial charge in [-0.2, -0.15) is 0 Å². The van der Waals surface area contributed by atoms with E-state index in [1.165, 1.54) is 12.1 Å². The summed E-state index contributed by atoms with van der Waals surface area (Å²) in [7, 11) is 0. The van der Waals surface area contributed by atoms with E-state index in [4.69, 9.17) is 4.74 Å². The molecule has 0 aliphatic rings. The van der Waals surface area contributed by atoms with E-state index >= 15 is 0 Å². The molecule has 0 aromatic heterocycles. The van der Waals surface area contributed by atoms with Gasteiger partial charge in [0.15, 0.2) is 0 Å². The van der Waals surface area contributed by atoms with Crippen LogP contribution in [-0.2, 0) is 4.74 Å². The quantitative estimate of drug-likeness (QED) is 0.555. The second kappa shape index (κ2) is 8.69. The monoisotopic (exact) mass is 303 g/mol. The highest BCUT2D eigenvalue weighted by Gasteiger charge is 2.30. The Morgan fingerprint density at radius 2 is 1.90 bits per heavy atom. The van der Waals surface area contributed by atoms with Gasteiger partial charge >= 0.3 is 6.36 Å². The van der Waals surface area contributed by atoms with Crippen LogP contribution in [-0.4, -0.2) is 26.1 Å². The molecule has 0 radical (unpaired) electrons. The van der Waals surface area contributed by atoms with Crippen LogP contribution in [0.3, 0.4) is 0 Å². The van der Waals surface area contributed by atoms with Gasteiger partial charge in [-0.25, -0.2) is 0 Å². The zero-order valence-electron chi connectivity index (χ0n) is 12.0. The van der Waals surface area contributed by atoms with Crippen molar-refractivity contribution in [2.24, 2.45) is 0 Å². The van der Waals surface area contributed by atoms with Crippen LogP contribution in [0.1, 0.15) is 24.9 Å². The van der Waals surface area contributed by atoms with Crippen molar-refractivity contribution in [3.05, 3.63) is 42.5 Å². The third-order valence-electron chi connectivity index (χ3n) is 2.78. The van der Waals surface area contributed by atoms with Crippen molar-refractivity contribution in [3.63, 3.8) is 0 Å². The lowest BCUT2D eigenvalue weighted by Gasteiger charge is -2.15. The number of halogens is 3. The summed E-state index contributed by atoms with van der Waals surface area (Å²) in [6, 6.07) is 5.85. The van der Waals surface area contributed by atoms with Crippen LogP contribution >= 0.6 is 0 Å². The standard InChI is InChI=1S/C15H20F3NO2/c1-3-4-10-20-11-9-19-12(2)13-5-7-14(8-6-13)21-15(16,17)18/h3,5-8,12,19H,1,4,9-11H2,2H3. The molecule has 1 N–H and O–H groups in total. The van der Waals surface area contributed by atoms with Crippen molar-refractivity contribution in [3.8, 4) is 5.75 Å². The number of rotatable bonds is 9. The molecule has 1 unspecified atom stereocenters. The maximum absolute atomic E-state index is 12.0. The molecule has 1 aromatic carbocycles. The molecule has 0 heterocycles. The SMILES string of the molecule is C=CCCOCCNC(C)c1ccc(OC(F)(F)F)cc1. The molecule has 3 nitrogen and oxygen atoms in total. The number of hydrogen-bond acceptors (Lipinski definition) is 3. The second-order valence-corrected chi connectivity index (χ2v) is 4.48. The van der Waals surface area contributed by atoms with Crippen LogP contribution in [0.25, 0.3) is 0 Å². The number of benzene rings is 1. The van der Waals surface area contributed by atoms with Crippen molar-refractivity contribution in [2.45, 2.75) is 25.7 Å². The van der Waals surface area contributed by atoms with Crippen LogP contribution in [0.15, 0.2) is 36.9 Å². The van der Waals surface area contributed by atoms with Gasteiger partial charge in [-0.3, -0.25) is 0 Å². The molecular formula is C15H20F3NO2. The van der Waals surface area contributed by atoms with Crippen LogP contribution in [0.5, 0.6) is 5.75 Å². The Labute approximate surface area is 122 Å². The first-order valence-electron chi connectivity index (χ1n) is 6.70. The van der Waals surface area contributed by atoms with Gasteiger partial charge in [-0.05, 0) is 31.0 Å². The summed E-state index contributed by atoms with van der Waals surface area (Å²) < 4.78 is 45.3. The van der Waals surface area contributed by atoms with Crippen molar-refractivity contribution in [2.75, 3.05) is 19.8 Å². The summed E-state index contributed by atoms with van der Waals surface area (Å²) in [4.78, 5) is 0. The minimum Gasteiger partial charge on any atom is -0.406 e. The topological polar surface area (TPSA) is 30.5 Å². The second-order valence-electron chi connectivity index (χ2n) is 4.48. The molecule has 0 fully saturated rings. The van der Waals surface area contributed by atoms with E-state index in [1.807, 2.05) is 6.92 Å². The molecule has 1 aromatic rings. The van der Waals surface area contributed by atoms with Crippen molar-refractivity contribution in [1.82, 2.24) is 5.32 Å². The van der Waals surface area contributed by atoms with Gasteiger partial charge in [0.2, 0.25) is 0 Å². The maximum atomic E-state index is 12.0. The zero-order chi connectivity index (χ0) is 15.7. The largest absolute Gasteiger partial charge is 0.573 e.